The summed E-state index contributed by atoms with van der Waals surface area (Å²) in [6.45, 7) is 5.36. The first-order valence-corrected chi connectivity index (χ1v) is 8.70. The summed E-state index contributed by atoms with van der Waals surface area (Å²) in [6, 6.07) is 5.72. The number of carbonyl (C=O) groups excluding carboxylic acids is 1. The molecule has 7 nitrogen and oxygen atoms in total. The maximum atomic E-state index is 13.2. The van der Waals surface area contributed by atoms with Crippen LogP contribution in [0, 0.1) is 12.7 Å². The highest BCUT2D eigenvalue weighted by Crippen LogP contribution is 2.23. The molecule has 1 aromatic carbocycles. The molecule has 3 aromatic rings. The second-order valence-electron chi connectivity index (χ2n) is 6.28. The molecule has 0 radical (unpaired) electrons. The highest BCUT2D eigenvalue weighted by Gasteiger charge is 2.26. The zero-order valence-electron chi connectivity index (χ0n) is 15.4. The van der Waals surface area contributed by atoms with Gasteiger partial charge in [0.05, 0.1) is 12.2 Å². The van der Waals surface area contributed by atoms with Gasteiger partial charge >= 0.3 is 0 Å². The molecule has 0 saturated carbocycles. The molecule has 0 aliphatic carbocycles. The van der Waals surface area contributed by atoms with Crippen LogP contribution >= 0.6 is 0 Å². The number of hydrogen-bond donors (Lipinski definition) is 1. The van der Waals surface area contributed by atoms with Gasteiger partial charge in [-0.05, 0) is 24.6 Å². The summed E-state index contributed by atoms with van der Waals surface area (Å²) in [5, 5.41) is 9.48. The number of fused-ring (bicyclic) bond motifs is 1. The van der Waals surface area contributed by atoms with Crippen molar-refractivity contribution in [2.75, 3.05) is 13.2 Å². The third kappa shape index (κ3) is 3.72. The summed E-state index contributed by atoms with van der Waals surface area (Å²) in [4.78, 5) is 31.5. The molecule has 2 heterocycles. The fraction of sp³-hybridized carbons (Fsp3) is 0.250. The van der Waals surface area contributed by atoms with Crippen LogP contribution in [0.4, 0.5) is 4.39 Å². The molecule has 0 bridgehead atoms. The Morgan fingerprint density at radius 3 is 2.75 bits per heavy atom. The number of rotatable bonds is 7. The Morgan fingerprint density at radius 1 is 1.39 bits per heavy atom. The number of aliphatic hydroxyl groups excluding tert-OH is 1. The Bertz CT molecular complexity index is 1070. The van der Waals surface area contributed by atoms with Crippen LogP contribution in [0.1, 0.15) is 21.7 Å². The molecule has 28 heavy (non-hydrogen) atoms. The van der Waals surface area contributed by atoms with Gasteiger partial charge in [-0.3, -0.25) is 14.2 Å². The summed E-state index contributed by atoms with van der Waals surface area (Å²) < 4.78 is 20.0. The number of halogens is 1. The van der Waals surface area contributed by atoms with Gasteiger partial charge in [0.1, 0.15) is 23.3 Å². The predicted molar refractivity (Wildman–Crippen MR) is 101 cm³/mol. The van der Waals surface area contributed by atoms with Crippen molar-refractivity contribution in [1.82, 2.24) is 14.5 Å². The molecule has 0 aliphatic rings. The second-order valence-corrected chi connectivity index (χ2v) is 6.28. The zero-order chi connectivity index (χ0) is 20.3. The van der Waals surface area contributed by atoms with Crippen LogP contribution in [-0.2, 0) is 13.1 Å². The van der Waals surface area contributed by atoms with Crippen molar-refractivity contribution in [2.45, 2.75) is 20.0 Å². The number of aryl methyl sites for hydroxylation is 1. The van der Waals surface area contributed by atoms with E-state index in [9.17, 15) is 19.1 Å². The number of amides is 1. The number of hydrogen-bond acceptors (Lipinski definition) is 5. The molecule has 3 rings (SSSR count). The highest BCUT2D eigenvalue weighted by molar-refractivity contribution is 6.06. The minimum atomic E-state index is -0.468. The molecular weight excluding hydrogens is 365 g/mol. The van der Waals surface area contributed by atoms with Gasteiger partial charge in [-0.25, -0.2) is 9.37 Å². The number of aliphatic hydroxyl groups is 1. The van der Waals surface area contributed by atoms with Crippen LogP contribution in [0.3, 0.4) is 0 Å². The molecule has 0 aliphatic heterocycles. The first-order valence-electron chi connectivity index (χ1n) is 8.70. The molecular formula is C20H20FN3O4. The van der Waals surface area contributed by atoms with Gasteiger partial charge in [0.25, 0.3) is 11.5 Å². The standard InChI is InChI=1S/C20H20FN3O4/c1-3-8-24-12-22-18-17(20(24)27)16(13(2)28-18)19(26)23(9-10-25)11-14-4-6-15(21)7-5-14/h3-7,12,25H,1,8-11H2,2H3. The van der Waals surface area contributed by atoms with E-state index in [1.54, 1.807) is 25.1 Å². The average molecular weight is 385 g/mol. The number of furan rings is 1. The Labute approximate surface area is 160 Å². The lowest BCUT2D eigenvalue weighted by Gasteiger charge is -2.22. The van der Waals surface area contributed by atoms with Gasteiger partial charge in [-0.15, -0.1) is 6.58 Å². The van der Waals surface area contributed by atoms with Crippen LogP contribution in [0.5, 0.6) is 0 Å². The van der Waals surface area contributed by atoms with Crippen molar-refractivity contribution in [2.24, 2.45) is 0 Å². The first kappa shape index (κ1) is 19.5. The monoisotopic (exact) mass is 385 g/mol. The number of benzene rings is 1. The molecule has 0 unspecified atom stereocenters. The van der Waals surface area contributed by atoms with Gasteiger partial charge in [0.15, 0.2) is 0 Å². The van der Waals surface area contributed by atoms with E-state index in [1.807, 2.05) is 0 Å². The number of aromatic nitrogens is 2. The zero-order valence-corrected chi connectivity index (χ0v) is 15.4. The molecule has 1 N–H and O–H groups in total. The van der Waals surface area contributed by atoms with Gasteiger partial charge in [0.2, 0.25) is 5.71 Å². The smallest absolute Gasteiger partial charge is 0.265 e. The van der Waals surface area contributed by atoms with E-state index in [4.69, 9.17) is 4.42 Å². The Kier molecular flexibility index (Phi) is 5.70. The molecule has 0 spiro atoms. The number of allylic oxidation sites excluding steroid dienone is 1. The third-order valence-corrected chi connectivity index (χ3v) is 4.34. The van der Waals surface area contributed by atoms with Gasteiger partial charge in [-0.2, -0.15) is 0 Å². The van der Waals surface area contributed by atoms with Gasteiger partial charge in [0, 0.05) is 19.6 Å². The van der Waals surface area contributed by atoms with Crippen LogP contribution in [0.25, 0.3) is 11.1 Å². The van der Waals surface area contributed by atoms with Crippen molar-refractivity contribution < 1.29 is 18.7 Å². The van der Waals surface area contributed by atoms with E-state index >= 15 is 0 Å². The van der Waals surface area contributed by atoms with Crippen molar-refractivity contribution in [3.05, 3.63) is 76.3 Å². The van der Waals surface area contributed by atoms with Crippen LogP contribution < -0.4 is 5.56 Å². The lowest BCUT2D eigenvalue weighted by Crippen LogP contribution is -2.34. The fourth-order valence-corrected chi connectivity index (χ4v) is 3.01. The van der Waals surface area contributed by atoms with Crippen LogP contribution in [-0.4, -0.2) is 38.6 Å². The highest BCUT2D eigenvalue weighted by atomic mass is 19.1. The van der Waals surface area contributed by atoms with Crippen molar-refractivity contribution in [1.29, 1.82) is 0 Å². The van der Waals surface area contributed by atoms with Gasteiger partial charge < -0.3 is 14.4 Å². The minimum absolute atomic E-state index is 0.0451. The number of carbonyl (C=O) groups is 1. The maximum absolute atomic E-state index is 13.2. The van der Waals surface area contributed by atoms with E-state index in [-0.39, 0.29) is 54.5 Å². The first-order chi connectivity index (χ1) is 13.5. The van der Waals surface area contributed by atoms with Gasteiger partial charge in [-0.1, -0.05) is 18.2 Å². The van der Waals surface area contributed by atoms with Crippen LogP contribution in [0.2, 0.25) is 0 Å². The number of nitrogens with zero attached hydrogens (tertiary/aromatic N) is 3. The van der Waals surface area contributed by atoms with E-state index in [1.165, 1.54) is 27.9 Å². The molecule has 0 saturated heterocycles. The van der Waals surface area contributed by atoms with Crippen molar-refractivity contribution >= 4 is 17.0 Å². The Hall–Kier alpha value is -3.26. The van der Waals surface area contributed by atoms with E-state index in [2.05, 4.69) is 11.6 Å². The van der Waals surface area contributed by atoms with E-state index in [0.717, 1.165) is 0 Å². The largest absolute Gasteiger partial charge is 0.442 e. The minimum Gasteiger partial charge on any atom is -0.442 e. The molecule has 2 aromatic heterocycles. The van der Waals surface area contributed by atoms with E-state index < -0.39 is 11.5 Å². The second kappa shape index (κ2) is 8.18. The molecule has 0 fully saturated rings. The summed E-state index contributed by atoms with van der Waals surface area (Å²) in [6.07, 6.45) is 2.89. The predicted octanol–water partition coefficient (Wildman–Crippen LogP) is 2.26. The summed E-state index contributed by atoms with van der Waals surface area (Å²) in [5.41, 5.74) is 0.477. The molecule has 0 atom stereocenters. The fourth-order valence-electron chi connectivity index (χ4n) is 3.01. The Morgan fingerprint density at radius 2 is 2.11 bits per heavy atom. The lowest BCUT2D eigenvalue weighted by atomic mass is 10.1. The molecule has 146 valence electrons. The van der Waals surface area contributed by atoms with Crippen molar-refractivity contribution in [3.63, 3.8) is 0 Å². The SMILES string of the molecule is C=CCn1cnc2oc(C)c(C(=O)N(CCO)Cc3ccc(F)cc3)c2c1=O. The molecule has 1 amide bonds. The Balaban J connectivity index is 2.05. The summed E-state index contributed by atoms with van der Waals surface area (Å²) in [5.74, 6) is -0.581. The quantitative estimate of drug-likeness (QED) is 0.630. The summed E-state index contributed by atoms with van der Waals surface area (Å²) in [7, 11) is 0. The van der Waals surface area contributed by atoms with E-state index in [0.29, 0.717) is 5.56 Å². The third-order valence-electron chi connectivity index (χ3n) is 4.34. The topological polar surface area (TPSA) is 88.6 Å². The summed E-state index contributed by atoms with van der Waals surface area (Å²) >= 11 is 0. The normalized spacial score (nSPS) is 11.0. The van der Waals surface area contributed by atoms with Crippen LogP contribution in [0.15, 0.2) is 52.5 Å². The van der Waals surface area contributed by atoms with Crippen molar-refractivity contribution in [3.8, 4) is 0 Å². The molecule has 8 heteroatoms. The lowest BCUT2D eigenvalue weighted by molar-refractivity contribution is 0.0707. The maximum Gasteiger partial charge on any atom is 0.265 e. The average Bonchev–Trinajstić information content (AvgIpc) is 3.01.